The number of piperidine rings is 1. The van der Waals surface area contributed by atoms with Crippen LogP contribution >= 0.6 is 0 Å². The van der Waals surface area contributed by atoms with Gasteiger partial charge in [0.05, 0.1) is 12.2 Å². The Hall–Kier alpha value is -1.59. The highest BCUT2D eigenvalue weighted by atomic mass is 16.5. The molecule has 1 aliphatic rings. The van der Waals surface area contributed by atoms with Crippen LogP contribution in [0, 0.1) is 12.8 Å². The topological polar surface area (TPSA) is 45.7 Å². The van der Waals surface area contributed by atoms with E-state index in [9.17, 15) is 0 Å². The van der Waals surface area contributed by atoms with Crippen LogP contribution in [-0.4, -0.2) is 41.6 Å². The lowest BCUT2D eigenvalue weighted by Crippen LogP contribution is -2.37. The standard InChI is InChI=1S/C17H25N3O2/c1-14-3-4-17(22-14)13-20-8-5-15(6-9-20)11-19(2)12-16-7-10-21-18-16/h3-4,7,10,15H,5-6,8-9,11-13H2,1-2H3. The quantitative estimate of drug-likeness (QED) is 0.821. The van der Waals surface area contributed by atoms with Gasteiger partial charge in [-0.2, -0.15) is 0 Å². The molecular weight excluding hydrogens is 278 g/mol. The van der Waals surface area contributed by atoms with Crippen LogP contribution in [0.2, 0.25) is 0 Å². The minimum Gasteiger partial charge on any atom is -0.465 e. The van der Waals surface area contributed by atoms with E-state index in [1.807, 2.05) is 19.1 Å². The summed E-state index contributed by atoms with van der Waals surface area (Å²) in [6.45, 7) is 7.24. The van der Waals surface area contributed by atoms with E-state index in [4.69, 9.17) is 8.94 Å². The molecule has 0 aromatic carbocycles. The van der Waals surface area contributed by atoms with Gasteiger partial charge in [0.2, 0.25) is 0 Å². The van der Waals surface area contributed by atoms with Gasteiger partial charge >= 0.3 is 0 Å². The van der Waals surface area contributed by atoms with Crippen molar-refractivity contribution >= 4 is 0 Å². The Kier molecular flexibility index (Phi) is 4.95. The zero-order valence-corrected chi connectivity index (χ0v) is 13.5. The second kappa shape index (κ2) is 7.11. The zero-order valence-electron chi connectivity index (χ0n) is 13.5. The Balaban J connectivity index is 1.39. The first-order chi connectivity index (χ1) is 10.7. The smallest absolute Gasteiger partial charge is 0.124 e. The van der Waals surface area contributed by atoms with E-state index >= 15 is 0 Å². The first kappa shape index (κ1) is 15.3. The van der Waals surface area contributed by atoms with Crippen molar-refractivity contribution in [1.29, 1.82) is 0 Å². The summed E-state index contributed by atoms with van der Waals surface area (Å²) in [5.41, 5.74) is 1.01. The van der Waals surface area contributed by atoms with Crippen LogP contribution in [0.4, 0.5) is 0 Å². The van der Waals surface area contributed by atoms with Crippen LogP contribution in [-0.2, 0) is 13.1 Å². The van der Waals surface area contributed by atoms with Crippen molar-refractivity contribution < 1.29 is 8.94 Å². The number of nitrogens with zero attached hydrogens (tertiary/aromatic N) is 3. The lowest BCUT2D eigenvalue weighted by molar-refractivity contribution is 0.139. The minimum atomic E-state index is 0.770. The maximum Gasteiger partial charge on any atom is 0.124 e. The van der Waals surface area contributed by atoms with Gasteiger partial charge in [0.1, 0.15) is 17.8 Å². The summed E-state index contributed by atoms with van der Waals surface area (Å²) in [5.74, 6) is 2.85. The van der Waals surface area contributed by atoms with Crippen LogP contribution in [0.15, 0.2) is 33.4 Å². The summed E-state index contributed by atoms with van der Waals surface area (Å²) in [4.78, 5) is 4.83. The molecule has 22 heavy (non-hydrogen) atoms. The number of rotatable bonds is 6. The monoisotopic (exact) mass is 303 g/mol. The molecule has 3 rings (SSSR count). The van der Waals surface area contributed by atoms with Crippen LogP contribution in [0.5, 0.6) is 0 Å². The highest BCUT2D eigenvalue weighted by Gasteiger charge is 2.21. The van der Waals surface area contributed by atoms with Gasteiger partial charge in [-0.1, -0.05) is 5.16 Å². The summed E-state index contributed by atoms with van der Waals surface area (Å²) < 4.78 is 10.6. The highest BCUT2D eigenvalue weighted by Crippen LogP contribution is 2.21. The Labute approximate surface area is 131 Å². The molecule has 2 aromatic rings. The maximum atomic E-state index is 5.67. The van der Waals surface area contributed by atoms with Crippen molar-refractivity contribution in [2.45, 2.75) is 32.9 Å². The van der Waals surface area contributed by atoms with Crippen molar-refractivity contribution in [2.24, 2.45) is 5.92 Å². The Morgan fingerprint density at radius 2 is 2.09 bits per heavy atom. The third-order valence-electron chi connectivity index (χ3n) is 4.38. The van der Waals surface area contributed by atoms with E-state index in [0.29, 0.717) is 0 Å². The average Bonchev–Trinajstić information content (AvgIpc) is 3.13. The molecule has 0 atom stereocenters. The molecule has 0 bridgehead atoms. The number of hydrogen-bond acceptors (Lipinski definition) is 5. The van der Waals surface area contributed by atoms with Crippen molar-refractivity contribution in [3.8, 4) is 0 Å². The molecule has 5 heteroatoms. The molecular formula is C17H25N3O2. The average molecular weight is 303 g/mol. The molecule has 0 saturated carbocycles. The normalized spacial score (nSPS) is 17.4. The van der Waals surface area contributed by atoms with Gasteiger partial charge in [-0.3, -0.25) is 4.90 Å². The first-order valence-corrected chi connectivity index (χ1v) is 8.04. The number of furan rings is 1. The van der Waals surface area contributed by atoms with Gasteiger partial charge in [-0.25, -0.2) is 0 Å². The second-order valence-corrected chi connectivity index (χ2v) is 6.42. The molecule has 2 aromatic heterocycles. The molecule has 1 saturated heterocycles. The minimum absolute atomic E-state index is 0.770. The van der Waals surface area contributed by atoms with Crippen molar-refractivity contribution in [3.05, 3.63) is 41.7 Å². The SMILES string of the molecule is Cc1ccc(CN2CCC(CN(C)Cc3ccon3)CC2)o1. The fourth-order valence-electron chi connectivity index (χ4n) is 3.22. The summed E-state index contributed by atoms with van der Waals surface area (Å²) in [5, 5.41) is 3.97. The predicted octanol–water partition coefficient (Wildman–Crippen LogP) is 2.92. The third-order valence-corrected chi connectivity index (χ3v) is 4.38. The predicted molar refractivity (Wildman–Crippen MR) is 84.3 cm³/mol. The Bertz CT molecular complexity index is 556. The van der Waals surface area contributed by atoms with Crippen molar-refractivity contribution in [2.75, 3.05) is 26.7 Å². The molecule has 3 heterocycles. The molecule has 5 nitrogen and oxygen atoms in total. The van der Waals surface area contributed by atoms with Gasteiger partial charge in [0.15, 0.2) is 0 Å². The van der Waals surface area contributed by atoms with Gasteiger partial charge in [0.25, 0.3) is 0 Å². The number of aryl methyl sites for hydroxylation is 1. The van der Waals surface area contributed by atoms with Gasteiger partial charge in [0, 0.05) is 19.2 Å². The molecule has 0 amide bonds. The lowest BCUT2D eigenvalue weighted by atomic mass is 9.96. The third kappa shape index (κ3) is 4.21. The van der Waals surface area contributed by atoms with Crippen molar-refractivity contribution in [1.82, 2.24) is 15.0 Å². The molecule has 0 spiro atoms. The van der Waals surface area contributed by atoms with Gasteiger partial charge in [-0.15, -0.1) is 0 Å². The molecule has 0 N–H and O–H groups in total. The number of hydrogen-bond donors (Lipinski definition) is 0. The van der Waals surface area contributed by atoms with Crippen LogP contribution in [0.25, 0.3) is 0 Å². The fourth-order valence-corrected chi connectivity index (χ4v) is 3.22. The summed E-state index contributed by atoms with van der Waals surface area (Å²) >= 11 is 0. The van der Waals surface area contributed by atoms with Gasteiger partial charge in [-0.05, 0) is 58.0 Å². The summed E-state index contributed by atoms with van der Waals surface area (Å²) in [6.07, 6.45) is 4.14. The van der Waals surface area contributed by atoms with Crippen LogP contribution in [0.1, 0.15) is 30.1 Å². The zero-order chi connectivity index (χ0) is 15.4. The second-order valence-electron chi connectivity index (χ2n) is 6.42. The van der Waals surface area contributed by atoms with Gasteiger partial charge < -0.3 is 13.8 Å². The highest BCUT2D eigenvalue weighted by molar-refractivity contribution is 5.05. The Morgan fingerprint density at radius 3 is 2.73 bits per heavy atom. The molecule has 0 aliphatic carbocycles. The molecule has 1 fully saturated rings. The lowest BCUT2D eigenvalue weighted by Gasteiger charge is -2.33. The maximum absolute atomic E-state index is 5.67. The number of aromatic nitrogens is 1. The van der Waals surface area contributed by atoms with E-state index in [1.54, 1.807) is 6.26 Å². The van der Waals surface area contributed by atoms with Crippen LogP contribution in [0.3, 0.4) is 0 Å². The summed E-state index contributed by atoms with van der Waals surface area (Å²) in [7, 11) is 2.16. The summed E-state index contributed by atoms with van der Waals surface area (Å²) in [6, 6.07) is 6.07. The molecule has 0 radical (unpaired) electrons. The van der Waals surface area contributed by atoms with E-state index in [-0.39, 0.29) is 0 Å². The molecule has 120 valence electrons. The molecule has 0 unspecified atom stereocenters. The van der Waals surface area contributed by atoms with E-state index in [2.05, 4.69) is 28.1 Å². The van der Waals surface area contributed by atoms with Crippen LogP contribution < -0.4 is 0 Å². The number of likely N-dealkylation sites (tertiary alicyclic amines) is 1. The van der Waals surface area contributed by atoms with E-state index in [1.165, 1.54) is 12.8 Å². The van der Waals surface area contributed by atoms with E-state index < -0.39 is 0 Å². The van der Waals surface area contributed by atoms with Crippen molar-refractivity contribution in [3.63, 3.8) is 0 Å². The fraction of sp³-hybridized carbons (Fsp3) is 0.588. The Morgan fingerprint density at radius 1 is 1.27 bits per heavy atom. The largest absolute Gasteiger partial charge is 0.465 e. The molecule has 1 aliphatic heterocycles. The van der Waals surface area contributed by atoms with E-state index in [0.717, 1.165) is 55.9 Å². The first-order valence-electron chi connectivity index (χ1n) is 8.04.